The number of carbonyl (C=O) groups is 2. The van der Waals surface area contributed by atoms with Crippen molar-refractivity contribution < 1.29 is 32.0 Å². The number of rotatable bonds is 7. The lowest BCUT2D eigenvalue weighted by atomic mass is 10.1. The number of hydrogen-bond donors (Lipinski definition) is 2. The number of carbonyl (C=O) groups excluding carboxylic acids is 2. The molecular weight excluding hydrogens is 482 g/mol. The Bertz CT molecular complexity index is 1270. The highest BCUT2D eigenvalue weighted by molar-refractivity contribution is 7.85. The third-order valence-electron chi connectivity index (χ3n) is 4.51. The van der Waals surface area contributed by atoms with E-state index < -0.39 is 16.1 Å². The van der Waals surface area contributed by atoms with Crippen LogP contribution in [0.1, 0.15) is 47.1 Å². The first-order valence-electron chi connectivity index (χ1n) is 11.1. The van der Waals surface area contributed by atoms with E-state index in [0.29, 0.717) is 28.9 Å². The Morgan fingerprint density at radius 3 is 2.03 bits per heavy atom. The summed E-state index contributed by atoms with van der Waals surface area (Å²) in [4.78, 5) is 25.3. The maximum Gasteiger partial charge on any atom is 0.343 e. The molecule has 0 saturated carbocycles. The van der Waals surface area contributed by atoms with Crippen molar-refractivity contribution in [1.29, 1.82) is 0 Å². The normalized spacial score (nSPS) is 11.2. The highest BCUT2D eigenvalue weighted by Gasteiger charge is 2.18. The Labute approximate surface area is 212 Å². The van der Waals surface area contributed by atoms with Crippen LogP contribution in [0.2, 0.25) is 0 Å². The van der Waals surface area contributed by atoms with Gasteiger partial charge in [-0.15, -0.1) is 0 Å². The summed E-state index contributed by atoms with van der Waals surface area (Å²) in [5, 5.41) is 3.18. The molecule has 0 heterocycles. The van der Waals surface area contributed by atoms with Crippen LogP contribution in [0.25, 0.3) is 0 Å². The Morgan fingerprint density at radius 1 is 0.889 bits per heavy atom. The fraction of sp³-hybridized carbons (Fsp3) is 0.259. The lowest BCUT2D eigenvalue weighted by molar-refractivity contribution is 0.0729. The van der Waals surface area contributed by atoms with E-state index in [4.69, 9.17) is 14.0 Å². The predicted molar refractivity (Wildman–Crippen MR) is 139 cm³/mol. The van der Waals surface area contributed by atoms with Crippen molar-refractivity contribution >= 4 is 21.9 Å². The van der Waals surface area contributed by atoms with Crippen LogP contribution in [0.15, 0.2) is 72.8 Å². The van der Waals surface area contributed by atoms with Crippen LogP contribution in [-0.2, 0) is 10.1 Å². The van der Waals surface area contributed by atoms with Gasteiger partial charge in [0.2, 0.25) is 0 Å². The molecule has 0 saturated heterocycles. The topological polar surface area (TPSA) is 119 Å². The molecule has 0 aromatic heterocycles. The molecule has 36 heavy (non-hydrogen) atoms. The summed E-state index contributed by atoms with van der Waals surface area (Å²) in [6.07, 6.45) is 0.715. The van der Waals surface area contributed by atoms with E-state index in [1.54, 1.807) is 42.5 Å². The molecule has 3 aromatic rings. The monoisotopic (exact) mass is 513 g/mol. The minimum Gasteiger partial charge on any atom is -0.453 e. The van der Waals surface area contributed by atoms with Crippen molar-refractivity contribution in [1.82, 2.24) is 5.32 Å². The molecule has 0 unspecified atom stereocenters. The van der Waals surface area contributed by atoms with Gasteiger partial charge >= 0.3 is 5.97 Å². The number of nitrogens with one attached hydrogen (secondary N) is 1. The van der Waals surface area contributed by atoms with Crippen LogP contribution in [0.4, 0.5) is 0 Å². The van der Waals surface area contributed by atoms with Crippen molar-refractivity contribution in [2.24, 2.45) is 0 Å². The molecule has 0 spiro atoms. The van der Waals surface area contributed by atoms with Gasteiger partial charge in [-0.05, 0) is 70.2 Å². The number of ketones is 1. The summed E-state index contributed by atoms with van der Waals surface area (Å²) < 4.78 is 37.4. The number of benzene rings is 3. The van der Waals surface area contributed by atoms with Gasteiger partial charge in [0.25, 0.3) is 10.1 Å². The van der Waals surface area contributed by atoms with Gasteiger partial charge in [-0.3, -0.25) is 9.35 Å². The summed E-state index contributed by atoms with van der Waals surface area (Å²) in [5.41, 5.74) is 1.77. The molecule has 0 atom stereocenters. The molecule has 3 rings (SSSR count). The molecule has 0 aliphatic carbocycles. The van der Waals surface area contributed by atoms with Crippen LogP contribution in [0.3, 0.4) is 0 Å². The molecule has 0 aliphatic rings. The van der Waals surface area contributed by atoms with Crippen LogP contribution < -0.4 is 14.8 Å². The fourth-order valence-electron chi connectivity index (χ4n) is 2.76. The van der Waals surface area contributed by atoms with E-state index in [0.717, 1.165) is 5.56 Å². The minimum atomic E-state index is -3.67. The van der Waals surface area contributed by atoms with Crippen LogP contribution >= 0.6 is 0 Å². The van der Waals surface area contributed by atoms with E-state index in [1.807, 2.05) is 58.0 Å². The molecule has 8 nitrogen and oxygen atoms in total. The molecule has 0 bridgehead atoms. The van der Waals surface area contributed by atoms with Gasteiger partial charge in [-0.2, -0.15) is 8.42 Å². The Balaban J connectivity index is 0.000000830. The van der Waals surface area contributed by atoms with Crippen molar-refractivity contribution in [2.45, 2.75) is 33.2 Å². The first-order valence-corrected chi connectivity index (χ1v) is 12.9. The summed E-state index contributed by atoms with van der Waals surface area (Å²) in [6, 6.07) is 21.1. The second-order valence-corrected chi connectivity index (χ2v) is 10.6. The highest BCUT2D eigenvalue weighted by Crippen LogP contribution is 2.33. The van der Waals surface area contributed by atoms with Gasteiger partial charge in [0, 0.05) is 11.1 Å². The van der Waals surface area contributed by atoms with Crippen molar-refractivity contribution in [2.75, 3.05) is 12.8 Å². The number of esters is 1. The minimum absolute atomic E-state index is 0.103. The highest BCUT2D eigenvalue weighted by atomic mass is 32.2. The molecule has 3 aromatic carbocycles. The molecule has 0 radical (unpaired) electrons. The van der Waals surface area contributed by atoms with Gasteiger partial charge in [-0.25, -0.2) is 4.79 Å². The van der Waals surface area contributed by atoms with Crippen LogP contribution in [-0.4, -0.2) is 43.1 Å². The Hall–Kier alpha value is -3.53. The molecule has 0 aliphatic heterocycles. The molecular formula is C27H31NO7S. The fourth-order valence-corrected chi connectivity index (χ4v) is 2.76. The lowest BCUT2D eigenvalue weighted by Crippen LogP contribution is -2.39. The van der Waals surface area contributed by atoms with Crippen molar-refractivity contribution in [3.63, 3.8) is 0 Å². The summed E-state index contributed by atoms with van der Waals surface area (Å²) in [6.45, 7) is 8.14. The van der Waals surface area contributed by atoms with Gasteiger partial charge in [-0.1, -0.05) is 35.9 Å². The number of Topliss-reactive ketones (excluding diaryl/α,β-unsaturated/α-hetero) is 1. The third-order valence-corrected chi connectivity index (χ3v) is 4.51. The van der Waals surface area contributed by atoms with Crippen LogP contribution in [0, 0.1) is 6.92 Å². The zero-order chi connectivity index (χ0) is 26.9. The molecule has 2 N–H and O–H groups in total. The van der Waals surface area contributed by atoms with Gasteiger partial charge in [0.1, 0.15) is 5.75 Å². The predicted octanol–water partition coefficient (Wildman–Crippen LogP) is 5.08. The Kier molecular flexibility index (Phi) is 9.92. The van der Waals surface area contributed by atoms with Gasteiger partial charge in [0.05, 0.1) is 18.4 Å². The second kappa shape index (κ2) is 12.4. The quantitative estimate of drug-likeness (QED) is 0.194. The summed E-state index contributed by atoms with van der Waals surface area (Å²) in [5.74, 6) is 0.529. The maximum atomic E-state index is 12.7. The number of hydrogen-bond acceptors (Lipinski definition) is 7. The molecule has 0 amide bonds. The van der Waals surface area contributed by atoms with E-state index >= 15 is 0 Å². The molecule has 0 fully saturated rings. The van der Waals surface area contributed by atoms with Crippen molar-refractivity contribution in [3.8, 4) is 17.2 Å². The SMILES string of the molecule is CS(=O)(=O)O.Cc1ccc(Oc2ccc(C(=O)CNC(C)(C)C)cc2OC(=O)c2ccccc2)cc1. The average Bonchev–Trinajstić information content (AvgIpc) is 2.79. The van der Waals surface area contributed by atoms with Gasteiger partial charge in [0.15, 0.2) is 17.3 Å². The summed E-state index contributed by atoms with van der Waals surface area (Å²) >= 11 is 0. The first kappa shape index (κ1) is 28.7. The zero-order valence-electron chi connectivity index (χ0n) is 20.9. The lowest BCUT2D eigenvalue weighted by Gasteiger charge is -2.20. The smallest absolute Gasteiger partial charge is 0.343 e. The maximum absolute atomic E-state index is 12.7. The largest absolute Gasteiger partial charge is 0.453 e. The van der Waals surface area contributed by atoms with Gasteiger partial charge < -0.3 is 14.8 Å². The third kappa shape index (κ3) is 10.8. The van der Waals surface area contributed by atoms with E-state index in [9.17, 15) is 18.0 Å². The first-order chi connectivity index (χ1) is 16.7. The number of ether oxygens (including phenoxy) is 2. The van der Waals surface area contributed by atoms with Crippen LogP contribution in [0.5, 0.6) is 17.2 Å². The molecule has 9 heteroatoms. The number of aryl methyl sites for hydroxylation is 1. The van der Waals surface area contributed by atoms with E-state index in [1.165, 1.54) is 0 Å². The van der Waals surface area contributed by atoms with Crippen molar-refractivity contribution in [3.05, 3.63) is 89.5 Å². The van der Waals surface area contributed by atoms with E-state index in [-0.39, 0.29) is 23.6 Å². The second-order valence-electron chi connectivity index (χ2n) is 9.09. The molecule has 192 valence electrons. The average molecular weight is 514 g/mol. The Morgan fingerprint density at radius 2 is 1.47 bits per heavy atom. The summed E-state index contributed by atoms with van der Waals surface area (Å²) in [7, 11) is -3.67. The standard InChI is InChI=1S/C26H27NO4.CH4O3S/c1-18-10-13-21(14-11-18)30-23-15-12-20(22(28)17-27-26(2,3)4)16-24(23)31-25(29)19-8-6-5-7-9-19;1-5(2,3)4/h5-16,27H,17H2,1-4H3;1H3,(H,2,3,4). The zero-order valence-corrected chi connectivity index (χ0v) is 21.8. The van der Waals surface area contributed by atoms with E-state index in [2.05, 4.69) is 5.32 Å².